The smallest absolute Gasteiger partial charge is 0.424 e. The van der Waals surface area contributed by atoms with Crippen LogP contribution in [0, 0.1) is 13.8 Å². The van der Waals surface area contributed by atoms with Gasteiger partial charge in [0.25, 0.3) is 0 Å². The lowest BCUT2D eigenvalue weighted by molar-refractivity contribution is 0.0431. The van der Waals surface area contributed by atoms with Crippen LogP contribution in [-0.4, -0.2) is 28.4 Å². The third-order valence-electron chi connectivity index (χ3n) is 2.48. The fourth-order valence-electron chi connectivity index (χ4n) is 1.84. The minimum atomic E-state index is -0.781. The van der Waals surface area contributed by atoms with Crippen LogP contribution in [0.15, 0.2) is 12.1 Å². The van der Waals surface area contributed by atoms with Crippen molar-refractivity contribution in [3.63, 3.8) is 0 Å². The number of amides is 2. The van der Waals surface area contributed by atoms with Crippen molar-refractivity contribution in [3.8, 4) is 0 Å². The highest BCUT2D eigenvalue weighted by Crippen LogP contribution is 2.23. The molecule has 128 valence electrons. The van der Waals surface area contributed by atoms with E-state index < -0.39 is 23.4 Å². The summed E-state index contributed by atoms with van der Waals surface area (Å²) < 4.78 is 10.7. The Morgan fingerprint density at radius 1 is 0.870 bits per heavy atom. The second kappa shape index (κ2) is 6.56. The molecule has 0 spiro atoms. The molecule has 0 saturated heterocycles. The molecule has 1 rings (SSSR count). The van der Waals surface area contributed by atoms with Crippen LogP contribution in [0.2, 0.25) is 0 Å². The molecule has 1 aromatic rings. The number of ether oxygens (including phenoxy) is 2. The van der Waals surface area contributed by atoms with Gasteiger partial charge in [0.1, 0.15) is 11.2 Å². The Balaban J connectivity index is 3.25. The van der Waals surface area contributed by atoms with E-state index in [9.17, 15) is 9.59 Å². The Morgan fingerprint density at radius 3 is 1.52 bits per heavy atom. The predicted octanol–water partition coefficient (Wildman–Crippen LogP) is 4.38. The van der Waals surface area contributed by atoms with E-state index in [0.717, 1.165) is 4.90 Å². The van der Waals surface area contributed by atoms with Crippen molar-refractivity contribution < 1.29 is 19.1 Å². The normalized spacial score (nSPS) is 11.8. The minimum Gasteiger partial charge on any atom is -0.443 e. The van der Waals surface area contributed by atoms with Gasteiger partial charge in [-0.3, -0.25) is 4.98 Å². The van der Waals surface area contributed by atoms with Gasteiger partial charge in [0.15, 0.2) is 0 Å². The standard InChI is InChI=1S/C17H26N2O4/c1-11-9-13(10-12(2)18-11)19(14(20)22-16(3,4)5)15(21)23-17(6,7)8/h9-10H,1-8H3. The van der Waals surface area contributed by atoms with Crippen molar-refractivity contribution in [1.29, 1.82) is 0 Å². The second-order valence-electron chi connectivity index (χ2n) is 7.40. The highest BCUT2D eigenvalue weighted by molar-refractivity contribution is 6.09. The molecule has 1 heterocycles. The number of hydrogen-bond acceptors (Lipinski definition) is 5. The highest BCUT2D eigenvalue weighted by atomic mass is 16.6. The molecule has 0 saturated carbocycles. The van der Waals surface area contributed by atoms with E-state index in [-0.39, 0.29) is 0 Å². The Hall–Kier alpha value is -2.11. The summed E-state index contributed by atoms with van der Waals surface area (Å²) in [5.41, 5.74) is 0.302. The van der Waals surface area contributed by atoms with Gasteiger partial charge in [0.05, 0.1) is 5.69 Å². The zero-order valence-electron chi connectivity index (χ0n) is 15.2. The zero-order valence-corrected chi connectivity index (χ0v) is 15.2. The molecule has 0 bridgehead atoms. The number of rotatable bonds is 1. The van der Waals surface area contributed by atoms with E-state index in [1.165, 1.54) is 0 Å². The summed E-state index contributed by atoms with van der Waals surface area (Å²) in [5.74, 6) is 0. The third kappa shape index (κ3) is 6.26. The van der Waals surface area contributed by atoms with Gasteiger partial charge in [-0.15, -0.1) is 0 Å². The van der Waals surface area contributed by atoms with Gasteiger partial charge in [-0.25, -0.2) is 9.59 Å². The van der Waals surface area contributed by atoms with Crippen molar-refractivity contribution >= 4 is 17.9 Å². The third-order valence-corrected chi connectivity index (χ3v) is 2.48. The summed E-state index contributed by atoms with van der Waals surface area (Å²) in [5, 5.41) is 0. The van der Waals surface area contributed by atoms with E-state index in [0.29, 0.717) is 17.1 Å². The summed E-state index contributed by atoms with van der Waals surface area (Å²) >= 11 is 0. The maximum absolute atomic E-state index is 12.5. The summed E-state index contributed by atoms with van der Waals surface area (Å²) in [6.07, 6.45) is -1.56. The van der Waals surface area contributed by atoms with Crippen LogP contribution in [0.4, 0.5) is 15.3 Å². The molecule has 0 aliphatic rings. The minimum absolute atomic E-state index is 0.374. The van der Waals surface area contributed by atoms with E-state index in [2.05, 4.69) is 4.98 Å². The molecular formula is C17H26N2O4. The van der Waals surface area contributed by atoms with Crippen LogP contribution >= 0.6 is 0 Å². The van der Waals surface area contributed by atoms with Gasteiger partial charge in [-0.05, 0) is 67.5 Å². The molecule has 6 nitrogen and oxygen atoms in total. The van der Waals surface area contributed by atoms with Crippen molar-refractivity contribution in [1.82, 2.24) is 4.98 Å². The number of carbonyl (C=O) groups is 2. The number of aryl methyl sites for hydroxylation is 2. The lowest BCUT2D eigenvalue weighted by atomic mass is 10.2. The second-order valence-corrected chi connectivity index (χ2v) is 7.40. The van der Waals surface area contributed by atoms with Crippen molar-refractivity contribution in [2.24, 2.45) is 0 Å². The molecule has 0 unspecified atom stereocenters. The Kier molecular flexibility index (Phi) is 5.40. The highest BCUT2D eigenvalue weighted by Gasteiger charge is 2.32. The molecule has 0 aromatic carbocycles. The van der Waals surface area contributed by atoms with Gasteiger partial charge in [-0.1, -0.05) is 0 Å². The molecule has 1 aromatic heterocycles. The van der Waals surface area contributed by atoms with Gasteiger partial charge in [0, 0.05) is 11.4 Å². The lowest BCUT2D eigenvalue weighted by Crippen LogP contribution is -2.43. The molecule has 23 heavy (non-hydrogen) atoms. The molecule has 0 fully saturated rings. The molecule has 0 atom stereocenters. The summed E-state index contributed by atoms with van der Waals surface area (Å²) in [6, 6.07) is 3.28. The fraction of sp³-hybridized carbons (Fsp3) is 0.588. The van der Waals surface area contributed by atoms with Crippen LogP contribution in [0.25, 0.3) is 0 Å². The quantitative estimate of drug-likeness (QED) is 0.767. The Labute approximate surface area is 137 Å². The number of pyridine rings is 1. The van der Waals surface area contributed by atoms with Gasteiger partial charge < -0.3 is 9.47 Å². The van der Waals surface area contributed by atoms with Gasteiger partial charge >= 0.3 is 12.2 Å². The Bertz CT molecular complexity index is 549. The fourth-order valence-corrected chi connectivity index (χ4v) is 1.84. The SMILES string of the molecule is Cc1cc(N(C(=O)OC(C)(C)C)C(=O)OC(C)(C)C)cc(C)n1. The van der Waals surface area contributed by atoms with E-state index in [1.54, 1.807) is 67.5 Å². The van der Waals surface area contributed by atoms with Gasteiger partial charge in [0.2, 0.25) is 0 Å². The predicted molar refractivity (Wildman–Crippen MR) is 88.7 cm³/mol. The number of anilines is 1. The van der Waals surface area contributed by atoms with Crippen LogP contribution in [0.1, 0.15) is 52.9 Å². The first-order valence-electron chi connectivity index (χ1n) is 7.50. The average molecular weight is 322 g/mol. The number of carbonyl (C=O) groups excluding carboxylic acids is 2. The molecule has 6 heteroatoms. The van der Waals surface area contributed by atoms with E-state index in [1.807, 2.05) is 0 Å². The molecule has 0 N–H and O–H groups in total. The zero-order chi connectivity index (χ0) is 18.0. The van der Waals surface area contributed by atoms with E-state index >= 15 is 0 Å². The molecule has 0 aliphatic heterocycles. The first kappa shape index (κ1) is 18.9. The summed E-state index contributed by atoms with van der Waals surface area (Å²) in [6.45, 7) is 14.0. The van der Waals surface area contributed by atoms with Crippen molar-refractivity contribution in [2.75, 3.05) is 4.90 Å². The first-order valence-corrected chi connectivity index (χ1v) is 7.50. The van der Waals surface area contributed by atoms with Crippen LogP contribution < -0.4 is 4.90 Å². The number of nitrogens with zero attached hydrogens (tertiary/aromatic N) is 2. The molecule has 0 aliphatic carbocycles. The largest absolute Gasteiger partial charge is 0.443 e. The summed E-state index contributed by atoms with van der Waals surface area (Å²) in [7, 11) is 0. The molecule has 2 amide bonds. The van der Waals surface area contributed by atoms with Crippen LogP contribution in [0.5, 0.6) is 0 Å². The number of hydrogen-bond donors (Lipinski definition) is 0. The van der Waals surface area contributed by atoms with Crippen LogP contribution in [0.3, 0.4) is 0 Å². The number of aromatic nitrogens is 1. The van der Waals surface area contributed by atoms with Crippen LogP contribution in [-0.2, 0) is 9.47 Å². The maximum atomic E-state index is 12.5. The van der Waals surface area contributed by atoms with Crippen molar-refractivity contribution in [3.05, 3.63) is 23.5 Å². The van der Waals surface area contributed by atoms with Crippen molar-refractivity contribution in [2.45, 2.75) is 66.6 Å². The first-order chi connectivity index (χ1) is 10.3. The summed E-state index contributed by atoms with van der Waals surface area (Å²) in [4.78, 5) is 30.1. The molecular weight excluding hydrogens is 296 g/mol. The average Bonchev–Trinajstić information content (AvgIpc) is 2.21. The maximum Gasteiger partial charge on any atom is 0.424 e. The van der Waals surface area contributed by atoms with E-state index in [4.69, 9.17) is 9.47 Å². The monoisotopic (exact) mass is 322 g/mol. The molecule has 0 radical (unpaired) electrons. The lowest BCUT2D eigenvalue weighted by Gasteiger charge is -2.28. The topological polar surface area (TPSA) is 68.7 Å². The number of imide groups is 1. The van der Waals surface area contributed by atoms with Gasteiger partial charge in [-0.2, -0.15) is 4.90 Å². The Morgan fingerprint density at radius 2 is 1.22 bits per heavy atom.